The van der Waals surface area contributed by atoms with E-state index in [1.54, 1.807) is 35.4 Å². The Labute approximate surface area is 139 Å². The van der Waals surface area contributed by atoms with Crippen molar-refractivity contribution in [1.29, 1.82) is 0 Å². The maximum atomic E-state index is 6.29. The molecule has 1 aliphatic carbocycles. The third-order valence-electron chi connectivity index (χ3n) is 4.59. The van der Waals surface area contributed by atoms with Gasteiger partial charge in [-0.15, -0.1) is 5.10 Å². The standard InChI is InChI=1S/C16H20N8/c17-11-4-2-10(3-5-11)12-13(22-16-20-6-1-7-21-16)15-19-8-9-24(15)23-14(12)18/h1,6-11H,2-5,17H2,(H2,18,23)(H,20,21,22)/t10-,11-. The van der Waals surface area contributed by atoms with Crippen molar-refractivity contribution < 1.29 is 0 Å². The summed E-state index contributed by atoms with van der Waals surface area (Å²) in [5.41, 5.74) is 14.9. The molecule has 3 aromatic heterocycles. The fraction of sp³-hybridized carbons (Fsp3) is 0.375. The van der Waals surface area contributed by atoms with E-state index in [0.29, 0.717) is 17.7 Å². The molecule has 0 amide bonds. The molecule has 4 rings (SSSR count). The van der Waals surface area contributed by atoms with Gasteiger partial charge in [0.05, 0.1) is 5.69 Å². The fourth-order valence-corrected chi connectivity index (χ4v) is 3.39. The van der Waals surface area contributed by atoms with Crippen LogP contribution in [-0.4, -0.2) is 30.6 Å². The molecule has 124 valence electrons. The highest BCUT2D eigenvalue weighted by molar-refractivity contribution is 5.79. The average Bonchev–Trinajstić information content (AvgIpc) is 3.05. The Morgan fingerprint density at radius 2 is 1.79 bits per heavy atom. The molecule has 0 aliphatic heterocycles. The van der Waals surface area contributed by atoms with Gasteiger partial charge in [-0.1, -0.05) is 0 Å². The second kappa shape index (κ2) is 6.04. The molecule has 24 heavy (non-hydrogen) atoms. The van der Waals surface area contributed by atoms with Crippen LogP contribution in [0.4, 0.5) is 17.5 Å². The van der Waals surface area contributed by atoms with Crippen LogP contribution in [0.3, 0.4) is 0 Å². The third-order valence-corrected chi connectivity index (χ3v) is 4.59. The van der Waals surface area contributed by atoms with E-state index in [1.165, 1.54) is 0 Å². The second-order valence-corrected chi connectivity index (χ2v) is 6.18. The molecule has 0 spiro atoms. The van der Waals surface area contributed by atoms with Gasteiger partial charge in [-0.3, -0.25) is 0 Å². The number of nitrogens with one attached hydrogen (secondary N) is 1. The van der Waals surface area contributed by atoms with Crippen LogP contribution in [0.25, 0.3) is 5.65 Å². The Morgan fingerprint density at radius 3 is 2.54 bits per heavy atom. The summed E-state index contributed by atoms with van der Waals surface area (Å²) >= 11 is 0. The van der Waals surface area contributed by atoms with Crippen LogP contribution in [0.1, 0.15) is 37.2 Å². The Kier molecular flexibility index (Phi) is 3.73. The lowest BCUT2D eigenvalue weighted by atomic mass is 9.81. The van der Waals surface area contributed by atoms with E-state index in [4.69, 9.17) is 11.5 Å². The SMILES string of the molecule is Nc1nn2ccnc2c(Nc2ncccn2)c1[C@H]1CC[C@H](N)CC1. The van der Waals surface area contributed by atoms with Gasteiger partial charge in [0.1, 0.15) is 5.82 Å². The molecular weight excluding hydrogens is 304 g/mol. The highest BCUT2D eigenvalue weighted by Crippen LogP contribution is 2.40. The normalized spacial score (nSPS) is 21.0. The summed E-state index contributed by atoms with van der Waals surface area (Å²) in [6.07, 6.45) is 10.9. The summed E-state index contributed by atoms with van der Waals surface area (Å²) in [5.74, 6) is 1.34. The Morgan fingerprint density at radius 1 is 1.04 bits per heavy atom. The number of hydrogen-bond donors (Lipinski definition) is 3. The predicted molar refractivity (Wildman–Crippen MR) is 91.9 cm³/mol. The van der Waals surface area contributed by atoms with Crippen molar-refractivity contribution in [1.82, 2.24) is 24.6 Å². The van der Waals surface area contributed by atoms with Crippen LogP contribution < -0.4 is 16.8 Å². The first kappa shape index (κ1) is 14.8. The van der Waals surface area contributed by atoms with Crippen LogP contribution in [0.15, 0.2) is 30.9 Å². The molecule has 0 radical (unpaired) electrons. The minimum Gasteiger partial charge on any atom is -0.382 e. The van der Waals surface area contributed by atoms with Crippen molar-refractivity contribution in [3.05, 3.63) is 36.4 Å². The molecule has 1 aliphatic rings. The molecule has 1 fully saturated rings. The van der Waals surface area contributed by atoms with Gasteiger partial charge in [-0.2, -0.15) is 0 Å². The zero-order valence-corrected chi connectivity index (χ0v) is 13.3. The molecular formula is C16H20N8. The molecule has 8 nitrogen and oxygen atoms in total. The minimum atomic E-state index is 0.277. The summed E-state index contributed by atoms with van der Waals surface area (Å²) in [6, 6.07) is 2.06. The van der Waals surface area contributed by atoms with Gasteiger partial charge >= 0.3 is 0 Å². The van der Waals surface area contributed by atoms with Gasteiger partial charge in [-0.25, -0.2) is 19.5 Å². The number of nitrogen functional groups attached to an aromatic ring is 1. The first-order valence-corrected chi connectivity index (χ1v) is 8.14. The van der Waals surface area contributed by atoms with Crippen LogP contribution in [0.2, 0.25) is 0 Å². The first-order valence-electron chi connectivity index (χ1n) is 8.14. The topological polar surface area (TPSA) is 120 Å². The molecule has 8 heteroatoms. The molecule has 0 bridgehead atoms. The summed E-state index contributed by atoms with van der Waals surface area (Å²) in [5, 5.41) is 7.75. The lowest BCUT2D eigenvalue weighted by Gasteiger charge is -2.28. The highest BCUT2D eigenvalue weighted by Gasteiger charge is 2.27. The predicted octanol–water partition coefficient (Wildman–Crippen LogP) is 1.83. The summed E-state index contributed by atoms with van der Waals surface area (Å²) in [7, 11) is 0. The minimum absolute atomic E-state index is 0.277. The van der Waals surface area contributed by atoms with Crippen molar-refractivity contribution in [2.45, 2.75) is 37.6 Å². The summed E-state index contributed by atoms with van der Waals surface area (Å²) in [4.78, 5) is 12.9. The lowest BCUT2D eigenvalue weighted by Crippen LogP contribution is -2.26. The number of rotatable bonds is 3. The number of imidazole rings is 1. The van der Waals surface area contributed by atoms with Gasteiger partial charge in [0.2, 0.25) is 5.95 Å². The monoisotopic (exact) mass is 324 g/mol. The first-order chi connectivity index (χ1) is 11.7. The molecule has 0 aromatic carbocycles. The number of aromatic nitrogens is 5. The van der Waals surface area contributed by atoms with E-state index in [0.717, 1.165) is 42.6 Å². The number of fused-ring (bicyclic) bond motifs is 1. The van der Waals surface area contributed by atoms with Crippen LogP contribution >= 0.6 is 0 Å². The molecule has 3 aromatic rings. The van der Waals surface area contributed by atoms with Crippen molar-refractivity contribution in [3.63, 3.8) is 0 Å². The zero-order chi connectivity index (χ0) is 16.5. The Balaban J connectivity index is 1.82. The van der Waals surface area contributed by atoms with Crippen LogP contribution in [-0.2, 0) is 0 Å². The van der Waals surface area contributed by atoms with Crippen LogP contribution in [0, 0.1) is 0 Å². The van der Waals surface area contributed by atoms with Gasteiger partial charge < -0.3 is 16.8 Å². The quantitative estimate of drug-likeness (QED) is 0.672. The number of anilines is 3. The lowest BCUT2D eigenvalue weighted by molar-refractivity contribution is 0.396. The van der Waals surface area contributed by atoms with E-state index in [1.807, 2.05) is 0 Å². The van der Waals surface area contributed by atoms with E-state index in [2.05, 4.69) is 25.4 Å². The molecule has 0 saturated heterocycles. The van der Waals surface area contributed by atoms with Gasteiger partial charge in [-0.05, 0) is 37.7 Å². The maximum Gasteiger partial charge on any atom is 0.227 e. The van der Waals surface area contributed by atoms with Gasteiger partial charge in [0, 0.05) is 36.4 Å². The van der Waals surface area contributed by atoms with Crippen molar-refractivity contribution in [2.24, 2.45) is 5.73 Å². The van der Waals surface area contributed by atoms with Gasteiger partial charge in [0.15, 0.2) is 5.65 Å². The molecule has 0 atom stereocenters. The molecule has 1 saturated carbocycles. The largest absolute Gasteiger partial charge is 0.382 e. The Hall–Kier alpha value is -2.74. The van der Waals surface area contributed by atoms with Crippen molar-refractivity contribution >= 4 is 23.1 Å². The third kappa shape index (κ3) is 2.65. The smallest absolute Gasteiger partial charge is 0.227 e. The van der Waals surface area contributed by atoms with Crippen molar-refractivity contribution in [3.8, 4) is 0 Å². The second-order valence-electron chi connectivity index (χ2n) is 6.18. The van der Waals surface area contributed by atoms with E-state index >= 15 is 0 Å². The van der Waals surface area contributed by atoms with E-state index < -0.39 is 0 Å². The Bertz CT molecular complexity index is 836. The van der Waals surface area contributed by atoms with E-state index in [9.17, 15) is 0 Å². The zero-order valence-electron chi connectivity index (χ0n) is 13.3. The number of nitrogens with two attached hydrogens (primary N) is 2. The molecule has 0 unspecified atom stereocenters. The summed E-state index contributed by atoms with van der Waals surface area (Å²) in [6.45, 7) is 0. The highest BCUT2D eigenvalue weighted by atomic mass is 15.3. The summed E-state index contributed by atoms with van der Waals surface area (Å²) < 4.78 is 1.68. The van der Waals surface area contributed by atoms with Gasteiger partial charge in [0.25, 0.3) is 0 Å². The average molecular weight is 324 g/mol. The fourth-order valence-electron chi connectivity index (χ4n) is 3.39. The molecule has 3 heterocycles. The maximum absolute atomic E-state index is 6.29. The molecule has 5 N–H and O–H groups in total. The van der Waals surface area contributed by atoms with E-state index in [-0.39, 0.29) is 6.04 Å². The van der Waals surface area contributed by atoms with Crippen molar-refractivity contribution in [2.75, 3.05) is 11.1 Å². The van der Waals surface area contributed by atoms with Crippen LogP contribution in [0.5, 0.6) is 0 Å². The number of nitrogens with zero attached hydrogens (tertiary/aromatic N) is 5. The number of hydrogen-bond acceptors (Lipinski definition) is 7.